The molecule has 0 spiro atoms. The zero-order chi connectivity index (χ0) is 39.7. The number of nitrogens with one attached hydrogen (secondary N) is 3. The van der Waals surface area contributed by atoms with Gasteiger partial charge < -0.3 is 35.1 Å². The highest BCUT2D eigenvalue weighted by molar-refractivity contribution is 5.77. The molecule has 300 valence electrons. The Morgan fingerprint density at radius 2 is 1.56 bits per heavy atom. The first-order valence-corrected chi connectivity index (χ1v) is 20.4. The minimum Gasteiger partial charge on any atom is -0.392 e. The van der Waals surface area contributed by atoms with E-state index in [1.54, 1.807) is 0 Å². The van der Waals surface area contributed by atoms with E-state index in [9.17, 15) is 19.5 Å². The number of amides is 2. The number of aliphatic hydroxyl groups excluding tert-OH is 1. The van der Waals surface area contributed by atoms with E-state index < -0.39 is 6.29 Å². The normalized spacial score (nSPS) is 20.4. The van der Waals surface area contributed by atoms with Crippen LogP contribution in [0.25, 0.3) is 22.2 Å². The number of ether oxygens (including phenoxy) is 2. The maximum absolute atomic E-state index is 12.9. The van der Waals surface area contributed by atoms with E-state index >= 15 is 0 Å². The topological polar surface area (TPSA) is 138 Å². The fourth-order valence-electron chi connectivity index (χ4n) is 8.29. The molecule has 5 aromatic rings. The summed E-state index contributed by atoms with van der Waals surface area (Å²) in [6.07, 6.45) is 3.82. The number of aromatic amines is 1. The van der Waals surface area contributed by atoms with Gasteiger partial charge in [-0.15, -0.1) is 0 Å². The highest BCUT2D eigenvalue weighted by Gasteiger charge is 2.39. The Bertz CT molecular complexity index is 2150. The molecule has 0 bridgehead atoms. The van der Waals surface area contributed by atoms with Crippen molar-refractivity contribution < 1.29 is 24.2 Å². The quantitative estimate of drug-likeness (QED) is 0.0848. The number of piperidine rings is 1. The predicted molar refractivity (Wildman–Crippen MR) is 221 cm³/mol. The van der Waals surface area contributed by atoms with Crippen LogP contribution in [0.3, 0.4) is 0 Å². The number of H-pyrrole nitrogens is 1. The third-order valence-corrected chi connectivity index (χ3v) is 11.5. The highest BCUT2D eigenvalue weighted by atomic mass is 16.7. The van der Waals surface area contributed by atoms with Gasteiger partial charge in [0.25, 0.3) is 0 Å². The Morgan fingerprint density at radius 1 is 0.842 bits per heavy atom. The molecule has 11 nitrogen and oxygen atoms in total. The van der Waals surface area contributed by atoms with E-state index in [-0.39, 0.29) is 48.3 Å². The van der Waals surface area contributed by atoms with Crippen LogP contribution in [0.15, 0.2) is 102 Å². The lowest BCUT2D eigenvalue weighted by Gasteiger charge is -2.44. The van der Waals surface area contributed by atoms with E-state index in [4.69, 9.17) is 9.47 Å². The highest BCUT2D eigenvalue weighted by Crippen LogP contribution is 2.42. The summed E-state index contributed by atoms with van der Waals surface area (Å²) in [6, 6.07) is 32.5. The van der Waals surface area contributed by atoms with Crippen LogP contribution >= 0.6 is 0 Å². The van der Waals surface area contributed by atoms with Crippen molar-refractivity contribution in [1.29, 1.82) is 0 Å². The van der Waals surface area contributed by atoms with Crippen molar-refractivity contribution in [3.63, 3.8) is 0 Å². The second-order valence-electron chi connectivity index (χ2n) is 15.5. The van der Waals surface area contributed by atoms with Gasteiger partial charge in [-0.25, -0.2) is 4.79 Å². The SMILES string of the molecule is CC(=O)NCCCCCC(=O)NCc1ccccc1-c1ccc([C@@H]2O[C@H](CN3CCC(n4c(=O)[nH]c5ccccc54)CC3)[C@H](C)[C@H](c3ccc(CO)cc3)O2)cc1. The molecule has 3 heterocycles. The predicted octanol–water partition coefficient (Wildman–Crippen LogP) is 6.93. The number of benzene rings is 4. The standard InChI is InChI=1S/C46H55N5O6/c1-31-42(29-50-26-23-38(24-27-50)51-41-13-8-7-12-40(41)49-46(51)55)56-45(57-44(31)35-17-15-33(30-52)16-18-35)36-21-19-34(20-22-36)39-11-6-5-10-37(39)28-48-43(54)14-4-3-9-25-47-32(2)53/h5-8,10-13,15-22,31,38,42,44-45,52H,3-4,9,14,23-30H2,1-2H3,(H,47,53)(H,48,54)(H,49,55)/t31-,42+,44+,45+/m0/s1. The first-order valence-electron chi connectivity index (χ1n) is 20.4. The van der Waals surface area contributed by atoms with Crippen molar-refractivity contribution in [3.05, 3.63) is 130 Å². The second-order valence-corrected chi connectivity index (χ2v) is 15.5. The van der Waals surface area contributed by atoms with Gasteiger partial charge >= 0.3 is 5.69 Å². The lowest BCUT2D eigenvalue weighted by atomic mass is 9.89. The maximum atomic E-state index is 12.9. The molecule has 11 heteroatoms. The Morgan fingerprint density at radius 3 is 2.32 bits per heavy atom. The van der Waals surface area contributed by atoms with E-state index in [0.717, 1.165) is 96.2 Å². The number of hydrogen-bond acceptors (Lipinski definition) is 7. The van der Waals surface area contributed by atoms with Gasteiger partial charge in [-0.1, -0.05) is 98.3 Å². The number of carbonyl (C=O) groups is 2. The average Bonchev–Trinajstić information content (AvgIpc) is 3.58. The zero-order valence-electron chi connectivity index (χ0n) is 33.0. The molecule has 2 aliphatic rings. The van der Waals surface area contributed by atoms with Crippen LogP contribution in [0.5, 0.6) is 0 Å². The molecule has 57 heavy (non-hydrogen) atoms. The molecule has 4 aromatic carbocycles. The summed E-state index contributed by atoms with van der Waals surface area (Å²) in [6.45, 7) is 7.23. The Balaban J connectivity index is 1.02. The molecule has 2 saturated heterocycles. The number of nitrogens with zero attached hydrogens (tertiary/aromatic N) is 2. The molecule has 4 N–H and O–H groups in total. The molecule has 2 aliphatic heterocycles. The number of carbonyl (C=O) groups excluding carboxylic acids is 2. The lowest BCUT2D eigenvalue weighted by Crippen LogP contribution is -2.47. The van der Waals surface area contributed by atoms with Gasteiger partial charge in [0.2, 0.25) is 11.8 Å². The fraction of sp³-hybridized carbons (Fsp3) is 0.413. The first kappa shape index (κ1) is 40.1. The Hall–Kier alpha value is -5.07. The van der Waals surface area contributed by atoms with E-state index in [2.05, 4.69) is 57.8 Å². The number of hydrogen-bond donors (Lipinski definition) is 4. The molecular weight excluding hydrogens is 719 g/mol. The summed E-state index contributed by atoms with van der Waals surface area (Å²) in [5, 5.41) is 15.6. The van der Waals surface area contributed by atoms with Crippen LogP contribution < -0.4 is 16.3 Å². The van der Waals surface area contributed by atoms with E-state index in [1.165, 1.54) is 6.92 Å². The van der Waals surface area contributed by atoms with Crippen molar-refractivity contribution in [1.82, 2.24) is 25.1 Å². The smallest absolute Gasteiger partial charge is 0.326 e. The van der Waals surface area contributed by atoms with Gasteiger partial charge in [0.05, 0.1) is 29.8 Å². The van der Waals surface area contributed by atoms with Gasteiger partial charge in [-0.2, -0.15) is 0 Å². The van der Waals surface area contributed by atoms with Gasteiger partial charge in [0.1, 0.15) is 0 Å². The molecule has 0 aliphatic carbocycles. The van der Waals surface area contributed by atoms with Crippen LogP contribution in [-0.2, 0) is 32.2 Å². The van der Waals surface area contributed by atoms with Gasteiger partial charge in [0, 0.05) is 63.6 Å². The van der Waals surface area contributed by atoms with Crippen molar-refractivity contribution in [2.75, 3.05) is 26.2 Å². The van der Waals surface area contributed by atoms with Gasteiger partial charge in [-0.3, -0.25) is 14.2 Å². The minimum absolute atomic E-state index is 0.0136. The van der Waals surface area contributed by atoms with Gasteiger partial charge in [-0.05, 0) is 65.6 Å². The summed E-state index contributed by atoms with van der Waals surface area (Å²) in [4.78, 5) is 42.1. The Kier molecular flexibility index (Phi) is 13.3. The summed E-state index contributed by atoms with van der Waals surface area (Å²) >= 11 is 0. The number of imidazole rings is 1. The molecule has 4 atom stereocenters. The number of unbranched alkanes of at least 4 members (excludes halogenated alkanes) is 2. The van der Waals surface area contributed by atoms with Gasteiger partial charge in [0.15, 0.2) is 6.29 Å². The van der Waals surface area contributed by atoms with E-state index in [0.29, 0.717) is 19.5 Å². The lowest BCUT2D eigenvalue weighted by molar-refractivity contribution is -0.276. The van der Waals surface area contributed by atoms with Crippen LogP contribution in [0.4, 0.5) is 0 Å². The fourth-order valence-corrected chi connectivity index (χ4v) is 8.29. The molecule has 0 radical (unpaired) electrons. The largest absolute Gasteiger partial charge is 0.392 e. The molecule has 1 aromatic heterocycles. The third kappa shape index (κ3) is 9.91. The van der Waals surface area contributed by atoms with Crippen molar-refractivity contribution in [2.45, 2.75) is 90.1 Å². The number of likely N-dealkylation sites (tertiary alicyclic amines) is 1. The monoisotopic (exact) mass is 773 g/mol. The van der Waals surface area contributed by atoms with Crippen LogP contribution in [0.1, 0.15) is 93.1 Å². The zero-order valence-corrected chi connectivity index (χ0v) is 33.0. The Labute approximate surface area is 334 Å². The average molecular weight is 774 g/mol. The number of fused-ring (bicyclic) bond motifs is 1. The summed E-state index contributed by atoms with van der Waals surface area (Å²) in [5.41, 5.74) is 7.74. The minimum atomic E-state index is -0.585. The summed E-state index contributed by atoms with van der Waals surface area (Å²) in [5.74, 6) is 0.0437. The molecule has 2 amide bonds. The molecule has 0 unspecified atom stereocenters. The number of aromatic nitrogens is 2. The van der Waals surface area contributed by atoms with Crippen molar-refractivity contribution in [3.8, 4) is 11.1 Å². The molecular formula is C46H55N5O6. The van der Waals surface area contributed by atoms with Crippen LogP contribution in [0.2, 0.25) is 0 Å². The molecule has 7 rings (SSSR count). The summed E-state index contributed by atoms with van der Waals surface area (Å²) in [7, 11) is 0. The van der Waals surface area contributed by atoms with E-state index in [1.807, 2.05) is 71.3 Å². The number of aliphatic hydroxyl groups is 1. The number of rotatable bonds is 15. The molecule has 2 fully saturated rings. The van der Waals surface area contributed by atoms with Crippen LogP contribution in [0, 0.1) is 5.92 Å². The number of para-hydroxylation sites is 2. The van der Waals surface area contributed by atoms with Crippen LogP contribution in [-0.4, -0.2) is 63.7 Å². The van der Waals surface area contributed by atoms with Crippen molar-refractivity contribution >= 4 is 22.8 Å². The second kappa shape index (κ2) is 18.9. The third-order valence-electron chi connectivity index (χ3n) is 11.5. The van der Waals surface area contributed by atoms with Crippen molar-refractivity contribution in [2.24, 2.45) is 5.92 Å². The maximum Gasteiger partial charge on any atom is 0.326 e. The summed E-state index contributed by atoms with van der Waals surface area (Å²) < 4.78 is 15.5. The molecule has 0 saturated carbocycles. The first-order chi connectivity index (χ1) is 27.8.